The Morgan fingerprint density at radius 1 is 1.38 bits per heavy atom. The number of carbonyl (C=O) groups is 1. The monoisotopic (exact) mass is 223 g/mol. The molecular weight excluding hydrogens is 202 g/mol. The van der Waals surface area contributed by atoms with Gasteiger partial charge in [0.15, 0.2) is 0 Å². The highest BCUT2D eigenvalue weighted by atomic mass is 16.2. The number of rotatable bonds is 4. The number of aromatic nitrogens is 2. The van der Waals surface area contributed by atoms with Crippen LogP contribution < -0.4 is 0 Å². The van der Waals surface area contributed by atoms with Gasteiger partial charge >= 0.3 is 0 Å². The second-order valence-electron chi connectivity index (χ2n) is 4.20. The first-order valence-corrected chi connectivity index (χ1v) is 5.81. The zero-order valence-electron chi connectivity index (χ0n) is 10.8. The lowest BCUT2D eigenvalue weighted by atomic mass is 10.1. The van der Waals surface area contributed by atoms with E-state index in [4.69, 9.17) is 0 Å². The SMILES string of the molecule is CCC(CC)N(C)C(=O)c1c(C)n[nH]c1C. The van der Waals surface area contributed by atoms with Crippen LogP contribution in [0.5, 0.6) is 0 Å². The van der Waals surface area contributed by atoms with E-state index in [9.17, 15) is 4.79 Å². The number of aryl methyl sites for hydroxylation is 2. The predicted octanol–water partition coefficient (Wildman–Crippen LogP) is 2.29. The molecule has 4 nitrogen and oxygen atoms in total. The Bertz CT molecular complexity index is 347. The maximum Gasteiger partial charge on any atom is 0.257 e. The molecule has 0 unspecified atom stereocenters. The quantitative estimate of drug-likeness (QED) is 0.851. The van der Waals surface area contributed by atoms with Crippen LogP contribution in [0.25, 0.3) is 0 Å². The first kappa shape index (κ1) is 12.7. The summed E-state index contributed by atoms with van der Waals surface area (Å²) in [6, 6.07) is 0.307. The number of hydrogen-bond donors (Lipinski definition) is 1. The Labute approximate surface area is 97.0 Å². The van der Waals surface area contributed by atoms with E-state index in [0.717, 1.165) is 29.8 Å². The minimum Gasteiger partial charge on any atom is -0.339 e. The van der Waals surface area contributed by atoms with Crippen LogP contribution in [0.1, 0.15) is 48.4 Å². The molecule has 1 amide bonds. The molecule has 0 aromatic carbocycles. The van der Waals surface area contributed by atoms with E-state index in [2.05, 4.69) is 24.0 Å². The molecule has 0 aliphatic heterocycles. The fraction of sp³-hybridized carbons (Fsp3) is 0.667. The number of aromatic amines is 1. The van der Waals surface area contributed by atoms with Crippen molar-refractivity contribution in [3.63, 3.8) is 0 Å². The summed E-state index contributed by atoms with van der Waals surface area (Å²) in [5.41, 5.74) is 2.34. The van der Waals surface area contributed by atoms with Gasteiger partial charge in [0.1, 0.15) is 0 Å². The van der Waals surface area contributed by atoms with Gasteiger partial charge in [-0.05, 0) is 26.7 Å². The molecule has 0 fully saturated rings. The van der Waals surface area contributed by atoms with E-state index in [1.807, 2.05) is 25.8 Å². The van der Waals surface area contributed by atoms with Gasteiger partial charge in [0, 0.05) is 18.8 Å². The summed E-state index contributed by atoms with van der Waals surface area (Å²) in [6.45, 7) is 7.95. The minimum atomic E-state index is 0.0671. The molecular formula is C12H21N3O. The number of carbonyl (C=O) groups excluding carboxylic acids is 1. The molecule has 0 spiro atoms. The second-order valence-corrected chi connectivity index (χ2v) is 4.20. The Kier molecular flexibility index (Phi) is 4.10. The van der Waals surface area contributed by atoms with Crippen molar-refractivity contribution in [2.75, 3.05) is 7.05 Å². The number of H-pyrrole nitrogens is 1. The molecule has 4 heteroatoms. The molecule has 0 saturated heterocycles. The van der Waals surface area contributed by atoms with Gasteiger partial charge in [-0.25, -0.2) is 0 Å². The highest BCUT2D eigenvalue weighted by molar-refractivity contribution is 5.96. The third-order valence-electron chi connectivity index (χ3n) is 3.15. The van der Waals surface area contributed by atoms with Crippen LogP contribution in [0.4, 0.5) is 0 Å². The lowest BCUT2D eigenvalue weighted by molar-refractivity contribution is 0.0722. The van der Waals surface area contributed by atoms with Crippen molar-refractivity contribution in [3.05, 3.63) is 17.0 Å². The van der Waals surface area contributed by atoms with E-state index in [1.165, 1.54) is 0 Å². The van der Waals surface area contributed by atoms with Gasteiger partial charge in [0.25, 0.3) is 5.91 Å². The topological polar surface area (TPSA) is 49.0 Å². The highest BCUT2D eigenvalue weighted by Crippen LogP contribution is 2.15. The standard InChI is InChI=1S/C12H21N3O/c1-6-10(7-2)15(5)12(16)11-8(3)13-14-9(11)4/h10H,6-7H2,1-5H3,(H,13,14). The van der Waals surface area contributed by atoms with Gasteiger partial charge in [-0.15, -0.1) is 0 Å². The summed E-state index contributed by atoms with van der Waals surface area (Å²) in [5.74, 6) is 0.0671. The lowest BCUT2D eigenvalue weighted by Gasteiger charge is -2.26. The molecule has 90 valence electrons. The largest absolute Gasteiger partial charge is 0.339 e. The van der Waals surface area contributed by atoms with Crippen molar-refractivity contribution < 1.29 is 4.79 Å². The summed E-state index contributed by atoms with van der Waals surface area (Å²) < 4.78 is 0. The van der Waals surface area contributed by atoms with Gasteiger partial charge in [-0.2, -0.15) is 5.10 Å². The summed E-state index contributed by atoms with van der Waals surface area (Å²) in [4.78, 5) is 14.1. The number of amides is 1. The second kappa shape index (κ2) is 5.14. The van der Waals surface area contributed by atoms with Crippen LogP contribution in [0.3, 0.4) is 0 Å². The van der Waals surface area contributed by atoms with E-state index in [-0.39, 0.29) is 5.91 Å². The molecule has 0 aliphatic carbocycles. The molecule has 1 aromatic rings. The highest BCUT2D eigenvalue weighted by Gasteiger charge is 2.22. The molecule has 1 aromatic heterocycles. The first-order valence-electron chi connectivity index (χ1n) is 5.81. The molecule has 1 heterocycles. The average Bonchev–Trinajstić information content (AvgIpc) is 2.59. The van der Waals surface area contributed by atoms with Crippen LogP contribution in [-0.4, -0.2) is 34.1 Å². The summed E-state index contributed by atoms with van der Waals surface area (Å²) >= 11 is 0. The van der Waals surface area contributed by atoms with Crippen LogP contribution in [0, 0.1) is 13.8 Å². The third kappa shape index (κ3) is 2.26. The molecule has 0 atom stereocenters. The van der Waals surface area contributed by atoms with E-state index < -0.39 is 0 Å². The summed E-state index contributed by atoms with van der Waals surface area (Å²) in [5, 5.41) is 6.91. The van der Waals surface area contributed by atoms with Crippen molar-refractivity contribution >= 4 is 5.91 Å². The van der Waals surface area contributed by atoms with E-state index in [1.54, 1.807) is 0 Å². The molecule has 1 N–H and O–H groups in total. The number of nitrogens with one attached hydrogen (secondary N) is 1. The normalized spacial score (nSPS) is 10.9. The van der Waals surface area contributed by atoms with E-state index in [0.29, 0.717) is 6.04 Å². The van der Waals surface area contributed by atoms with Crippen LogP contribution in [0.2, 0.25) is 0 Å². The zero-order valence-corrected chi connectivity index (χ0v) is 10.8. The lowest BCUT2D eigenvalue weighted by Crippen LogP contribution is -2.36. The Balaban J connectivity index is 2.94. The maximum atomic E-state index is 12.3. The summed E-state index contributed by atoms with van der Waals surface area (Å²) in [6.07, 6.45) is 1.96. The average molecular weight is 223 g/mol. The maximum absolute atomic E-state index is 12.3. The fourth-order valence-electron chi connectivity index (χ4n) is 2.04. The van der Waals surface area contributed by atoms with Gasteiger partial charge in [0.05, 0.1) is 11.3 Å². The van der Waals surface area contributed by atoms with Gasteiger partial charge in [-0.1, -0.05) is 13.8 Å². The predicted molar refractivity (Wildman–Crippen MR) is 64.5 cm³/mol. The van der Waals surface area contributed by atoms with Crippen molar-refractivity contribution in [3.8, 4) is 0 Å². The molecule has 0 radical (unpaired) electrons. The molecule has 1 rings (SSSR count). The summed E-state index contributed by atoms with van der Waals surface area (Å²) in [7, 11) is 1.87. The Hall–Kier alpha value is -1.32. The Morgan fingerprint density at radius 2 is 1.94 bits per heavy atom. The molecule has 0 saturated carbocycles. The van der Waals surface area contributed by atoms with Gasteiger partial charge in [-0.3, -0.25) is 9.89 Å². The minimum absolute atomic E-state index is 0.0671. The van der Waals surface area contributed by atoms with Crippen LogP contribution >= 0.6 is 0 Å². The fourth-order valence-corrected chi connectivity index (χ4v) is 2.04. The molecule has 0 aliphatic rings. The van der Waals surface area contributed by atoms with Crippen molar-refractivity contribution in [2.24, 2.45) is 0 Å². The van der Waals surface area contributed by atoms with Gasteiger partial charge < -0.3 is 4.90 Å². The Morgan fingerprint density at radius 3 is 2.31 bits per heavy atom. The van der Waals surface area contributed by atoms with Crippen LogP contribution in [0.15, 0.2) is 0 Å². The smallest absolute Gasteiger partial charge is 0.257 e. The first-order chi connectivity index (χ1) is 7.52. The van der Waals surface area contributed by atoms with E-state index >= 15 is 0 Å². The van der Waals surface area contributed by atoms with Crippen molar-refractivity contribution in [2.45, 2.75) is 46.6 Å². The zero-order chi connectivity index (χ0) is 12.3. The van der Waals surface area contributed by atoms with Crippen molar-refractivity contribution in [1.29, 1.82) is 0 Å². The third-order valence-corrected chi connectivity index (χ3v) is 3.15. The van der Waals surface area contributed by atoms with Crippen molar-refractivity contribution in [1.82, 2.24) is 15.1 Å². The molecule has 16 heavy (non-hydrogen) atoms. The molecule has 0 bridgehead atoms. The number of nitrogens with zero attached hydrogens (tertiary/aromatic N) is 2. The van der Waals surface area contributed by atoms with Crippen LogP contribution in [-0.2, 0) is 0 Å². The van der Waals surface area contributed by atoms with Gasteiger partial charge in [0.2, 0.25) is 0 Å². The number of hydrogen-bond acceptors (Lipinski definition) is 2.